The largest absolute Gasteiger partial charge is 0.369 e. The minimum atomic E-state index is 0.693. The van der Waals surface area contributed by atoms with Gasteiger partial charge in [-0.3, -0.25) is 0 Å². The van der Waals surface area contributed by atoms with E-state index < -0.39 is 0 Å². The first-order valence-corrected chi connectivity index (χ1v) is 6.53. The number of nitrogens with one attached hydrogen (secondary N) is 2. The zero-order chi connectivity index (χ0) is 13.4. The highest BCUT2D eigenvalue weighted by Gasteiger charge is 1.99. The van der Waals surface area contributed by atoms with E-state index in [9.17, 15) is 0 Å². The van der Waals surface area contributed by atoms with Crippen LogP contribution in [-0.2, 0) is 0 Å². The van der Waals surface area contributed by atoms with Crippen molar-refractivity contribution in [1.29, 1.82) is 0 Å². The third-order valence-electron chi connectivity index (χ3n) is 2.53. The molecule has 0 aliphatic rings. The molecule has 5 nitrogen and oxygen atoms in total. The molecule has 102 valence electrons. The summed E-state index contributed by atoms with van der Waals surface area (Å²) in [6.07, 6.45) is 2.91. The molecule has 1 rings (SSSR count). The molecule has 0 aromatic carbocycles. The van der Waals surface area contributed by atoms with Crippen LogP contribution in [0.3, 0.4) is 0 Å². The fourth-order valence-electron chi connectivity index (χ4n) is 1.42. The lowest BCUT2D eigenvalue weighted by atomic mass is 10.1. The van der Waals surface area contributed by atoms with Crippen LogP contribution in [-0.4, -0.2) is 48.6 Å². The molecule has 0 fully saturated rings. The van der Waals surface area contributed by atoms with E-state index in [1.54, 1.807) is 6.20 Å². The second-order valence-corrected chi connectivity index (χ2v) is 5.10. The molecule has 18 heavy (non-hydrogen) atoms. The molecule has 0 saturated heterocycles. The smallest absolute Gasteiger partial charge is 0.224 e. The Morgan fingerprint density at radius 3 is 2.67 bits per heavy atom. The number of anilines is 2. The molecule has 1 aromatic heterocycles. The molecule has 5 heteroatoms. The predicted molar refractivity (Wildman–Crippen MR) is 77.0 cm³/mol. The van der Waals surface area contributed by atoms with Crippen LogP contribution in [0.15, 0.2) is 12.3 Å². The maximum absolute atomic E-state index is 4.41. The summed E-state index contributed by atoms with van der Waals surface area (Å²) in [5.41, 5.74) is 0. The summed E-state index contributed by atoms with van der Waals surface area (Å²) < 4.78 is 0. The Hall–Kier alpha value is -1.36. The van der Waals surface area contributed by atoms with Crippen molar-refractivity contribution in [3.8, 4) is 0 Å². The minimum absolute atomic E-state index is 0.693. The second kappa shape index (κ2) is 7.87. The standard InChI is InChI=1S/C13H25N5/c1-11(2)5-7-15-13-16-8-6-12(17-13)14-9-10-18(3)4/h6,8,11H,5,7,9-10H2,1-4H3,(H2,14,15,16,17). The van der Waals surface area contributed by atoms with Gasteiger partial charge in [0.15, 0.2) is 0 Å². The number of likely N-dealkylation sites (N-methyl/N-ethyl adjacent to an activating group) is 1. The molecule has 0 aliphatic heterocycles. The maximum Gasteiger partial charge on any atom is 0.224 e. The number of hydrogen-bond acceptors (Lipinski definition) is 5. The first kappa shape index (κ1) is 14.7. The first-order chi connectivity index (χ1) is 8.58. The molecular weight excluding hydrogens is 226 g/mol. The summed E-state index contributed by atoms with van der Waals surface area (Å²) in [7, 11) is 4.11. The SMILES string of the molecule is CC(C)CCNc1nccc(NCCN(C)C)n1. The molecule has 0 amide bonds. The number of hydrogen-bond donors (Lipinski definition) is 2. The first-order valence-electron chi connectivity index (χ1n) is 6.53. The second-order valence-electron chi connectivity index (χ2n) is 5.10. The molecule has 0 radical (unpaired) electrons. The quantitative estimate of drug-likeness (QED) is 0.739. The van der Waals surface area contributed by atoms with Crippen LogP contribution in [0, 0.1) is 5.92 Å². The highest BCUT2D eigenvalue weighted by atomic mass is 15.1. The van der Waals surface area contributed by atoms with Gasteiger partial charge in [-0.2, -0.15) is 4.98 Å². The lowest BCUT2D eigenvalue weighted by Crippen LogP contribution is -2.21. The van der Waals surface area contributed by atoms with E-state index in [-0.39, 0.29) is 0 Å². The van der Waals surface area contributed by atoms with Gasteiger partial charge in [-0.25, -0.2) is 4.98 Å². The lowest BCUT2D eigenvalue weighted by molar-refractivity contribution is 0.425. The highest BCUT2D eigenvalue weighted by molar-refractivity contribution is 5.39. The van der Waals surface area contributed by atoms with Crippen LogP contribution >= 0.6 is 0 Å². The monoisotopic (exact) mass is 251 g/mol. The van der Waals surface area contributed by atoms with Crippen LogP contribution in [0.2, 0.25) is 0 Å². The van der Waals surface area contributed by atoms with Gasteiger partial charge in [0.1, 0.15) is 5.82 Å². The van der Waals surface area contributed by atoms with Crippen LogP contribution in [0.4, 0.5) is 11.8 Å². The molecule has 0 saturated carbocycles. The Morgan fingerprint density at radius 2 is 2.00 bits per heavy atom. The fraction of sp³-hybridized carbons (Fsp3) is 0.692. The van der Waals surface area contributed by atoms with Crippen molar-refractivity contribution in [1.82, 2.24) is 14.9 Å². The van der Waals surface area contributed by atoms with Gasteiger partial charge in [-0.1, -0.05) is 13.8 Å². The molecular formula is C13H25N5. The summed E-state index contributed by atoms with van der Waals surface area (Å²) >= 11 is 0. The van der Waals surface area contributed by atoms with E-state index in [0.717, 1.165) is 31.9 Å². The summed E-state index contributed by atoms with van der Waals surface area (Å²) in [5, 5.41) is 6.53. The Kier molecular flexibility index (Phi) is 6.43. The fourth-order valence-corrected chi connectivity index (χ4v) is 1.42. The van der Waals surface area contributed by atoms with Crippen molar-refractivity contribution in [2.45, 2.75) is 20.3 Å². The van der Waals surface area contributed by atoms with E-state index in [1.807, 2.05) is 6.07 Å². The van der Waals surface area contributed by atoms with Crippen molar-refractivity contribution in [3.63, 3.8) is 0 Å². The van der Waals surface area contributed by atoms with Gasteiger partial charge in [0.2, 0.25) is 5.95 Å². The third kappa shape index (κ3) is 6.39. The normalized spacial score (nSPS) is 11.0. The van der Waals surface area contributed by atoms with E-state index in [2.05, 4.69) is 53.4 Å². The van der Waals surface area contributed by atoms with E-state index in [1.165, 1.54) is 0 Å². The Labute approximate surface area is 110 Å². The number of nitrogens with zero attached hydrogens (tertiary/aromatic N) is 3. The summed E-state index contributed by atoms with van der Waals surface area (Å²) in [6.45, 7) is 7.21. The zero-order valence-corrected chi connectivity index (χ0v) is 11.9. The number of aromatic nitrogens is 2. The summed E-state index contributed by atoms with van der Waals surface area (Å²) in [6, 6.07) is 1.89. The third-order valence-corrected chi connectivity index (χ3v) is 2.53. The predicted octanol–water partition coefficient (Wildman–Crippen LogP) is 1.91. The minimum Gasteiger partial charge on any atom is -0.369 e. The Balaban J connectivity index is 2.36. The Morgan fingerprint density at radius 1 is 1.22 bits per heavy atom. The van der Waals surface area contributed by atoms with E-state index >= 15 is 0 Å². The lowest BCUT2D eigenvalue weighted by Gasteiger charge is -2.11. The van der Waals surface area contributed by atoms with Gasteiger partial charge in [0.05, 0.1) is 0 Å². The molecule has 0 unspecified atom stereocenters. The average Bonchev–Trinajstić information content (AvgIpc) is 2.28. The van der Waals surface area contributed by atoms with Gasteiger partial charge in [-0.05, 0) is 32.5 Å². The molecule has 2 N–H and O–H groups in total. The Bertz CT molecular complexity index is 309. The van der Waals surface area contributed by atoms with Crippen LogP contribution in [0.1, 0.15) is 20.3 Å². The molecule has 0 bridgehead atoms. The van der Waals surface area contributed by atoms with Crippen LogP contribution in [0.25, 0.3) is 0 Å². The van der Waals surface area contributed by atoms with Gasteiger partial charge < -0.3 is 15.5 Å². The molecule has 0 aliphatic carbocycles. The number of rotatable bonds is 8. The summed E-state index contributed by atoms with van der Waals surface area (Å²) in [4.78, 5) is 10.8. The molecule has 1 heterocycles. The van der Waals surface area contributed by atoms with E-state index in [4.69, 9.17) is 0 Å². The molecule has 1 aromatic rings. The van der Waals surface area contributed by atoms with E-state index in [0.29, 0.717) is 11.9 Å². The van der Waals surface area contributed by atoms with Gasteiger partial charge in [0.25, 0.3) is 0 Å². The topological polar surface area (TPSA) is 53.1 Å². The van der Waals surface area contributed by atoms with Crippen molar-refractivity contribution in [2.24, 2.45) is 5.92 Å². The summed E-state index contributed by atoms with van der Waals surface area (Å²) in [5.74, 6) is 2.27. The van der Waals surface area contributed by atoms with Crippen molar-refractivity contribution in [3.05, 3.63) is 12.3 Å². The highest BCUT2D eigenvalue weighted by Crippen LogP contribution is 2.06. The van der Waals surface area contributed by atoms with Gasteiger partial charge in [0, 0.05) is 25.8 Å². The molecule has 0 atom stereocenters. The van der Waals surface area contributed by atoms with Crippen LogP contribution in [0.5, 0.6) is 0 Å². The maximum atomic E-state index is 4.41. The average molecular weight is 251 g/mol. The van der Waals surface area contributed by atoms with Gasteiger partial charge in [-0.15, -0.1) is 0 Å². The van der Waals surface area contributed by atoms with Crippen molar-refractivity contribution in [2.75, 3.05) is 44.4 Å². The van der Waals surface area contributed by atoms with Gasteiger partial charge >= 0.3 is 0 Å². The zero-order valence-electron chi connectivity index (χ0n) is 11.9. The van der Waals surface area contributed by atoms with Crippen LogP contribution < -0.4 is 10.6 Å². The van der Waals surface area contributed by atoms with Crippen molar-refractivity contribution >= 4 is 11.8 Å². The molecule has 0 spiro atoms. The van der Waals surface area contributed by atoms with Crippen molar-refractivity contribution < 1.29 is 0 Å².